The number of aromatic nitrogens is 1. The van der Waals surface area contributed by atoms with E-state index < -0.39 is 0 Å². The predicted octanol–water partition coefficient (Wildman–Crippen LogP) is 5.64. The highest BCUT2D eigenvalue weighted by molar-refractivity contribution is 5.88. The van der Waals surface area contributed by atoms with Crippen LogP contribution in [0.2, 0.25) is 0 Å². The summed E-state index contributed by atoms with van der Waals surface area (Å²) >= 11 is 0. The first-order valence-electron chi connectivity index (χ1n) is 9.37. The Morgan fingerprint density at radius 3 is 2.42 bits per heavy atom. The number of nitrogens with zero attached hydrogens (tertiary/aromatic N) is 1. The van der Waals surface area contributed by atoms with Crippen molar-refractivity contribution < 1.29 is 4.79 Å². The highest BCUT2D eigenvalue weighted by Gasteiger charge is 2.33. The van der Waals surface area contributed by atoms with Gasteiger partial charge in [-0.3, -0.25) is 9.78 Å². The van der Waals surface area contributed by atoms with E-state index in [1.54, 1.807) is 0 Å². The summed E-state index contributed by atoms with van der Waals surface area (Å²) in [5, 5.41) is 1.09. The van der Waals surface area contributed by atoms with Crippen LogP contribution in [0.3, 0.4) is 0 Å². The highest BCUT2D eigenvalue weighted by Crippen LogP contribution is 2.33. The molecule has 0 aliphatic rings. The molecule has 0 amide bonds. The van der Waals surface area contributed by atoms with Gasteiger partial charge < -0.3 is 0 Å². The maximum Gasteiger partial charge on any atom is 0.143 e. The van der Waals surface area contributed by atoms with E-state index in [1.807, 2.05) is 48.7 Å². The second kappa shape index (κ2) is 7.82. The minimum Gasteiger partial charge on any atom is -0.299 e. The predicted molar refractivity (Wildman–Crippen MR) is 108 cm³/mol. The van der Waals surface area contributed by atoms with Crippen molar-refractivity contribution in [3.8, 4) is 0 Å². The second-order valence-electron chi connectivity index (χ2n) is 7.96. The summed E-state index contributed by atoms with van der Waals surface area (Å²) in [7, 11) is 0. The average Bonchev–Trinajstić information content (AvgIpc) is 2.61. The number of para-hydroxylation sites is 1. The van der Waals surface area contributed by atoms with Gasteiger partial charge in [-0.1, -0.05) is 69.3 Å². The molecule has 0 fully saturated rings. The van der Waals surface area contributed by atoms with Crippen molar-refractivity contribution in [1.82, 2.24) is 4.98 Å². The number of pyridine rings is 1. The summed E-state index contributed by atoms with van der Waals surface area (Å²) in [5.41, 5.74) is 2.83. The fourth-order valence-corrected chi connectivity index (χ4v) is 3.84. The van der Waals surface area contributed by atoms with Gasteiger partial charge in [0, 0.05) is 23.4 Å². The number of hydrogen-bond donors (Lipinski definition) is 0. The molecule has 2 aromatic carbocycles. The molecular formula is C24H27NO. The highest BCUT2D eigenvalue weighted by atomic mass is 16.1. The lowest BCUT2D eigenvalue weighted by atomic mass is 9.72. The van der Waals surface area contributed by atoms with E-state index in [0.717, 1.165) is 29.3 Å². The normalized spacial score (nSPS) is 13.7. The van der Waals surface area contributed by atoms with Gasteiger partial charge in [-0.05, 0) is 42.0 Å². The van der Waals surface area contributed by atoms with Crippen molar-refractivity contribution >= 4 is 16.7 Å². The molecule has 1 atom stereocenters. The SMILES string of the molecule is CC(C)CC(C)(Cc1ccccc1)C(=O)Cc1cnc2ccccc2c1. The summed E-state index contributed by atoms with van der Waals surface area (Å²) in [6.45, 7) is 6.50. The molecule has 1 aromatic heterocycles. The lowest BCUT2D eigenvalue weighted by Crippen LogP contribution is -2.33. The zero-order chi connectivity index (χ0) is 18.6. The fourth-order valence-electron chi connectivity index (χ4n) is 3.84. The van der Waals surface area contributed by atoms with E-state index in [9.17, 15) is 4.79 Å². The summed E-state index contributed by atoms with van der Waals surface area (Å²) in [4.78, 5) is 17.8. The monoisotopic (exact) mass is 345 g/mol. The van der Waals surface area contributed by atoms with Crippen molar-refractivity contribution in [2.45, 2.75) is 40.0 Å². The Morgan fingerprint density at radius 1 is 1.00 bits per heavy atom. The molecule has 0 radical (unpaired) electrons. The fraction of sp³-hybridized carbons (Fsp3) is 0.333. The zero-order valence-electron chi connectivity index (χ0n) is 15.9. The molecule has 3 aromatic rings. The van der Waals surface area contributed by atoms with Crippen LogP contribution in [0.1, 0.15) is 38.3 Å². The van der Waals surface area contributed by atoms with Crippen LogP contribution in [-0.4, -0.2) is 10.8 Å². The lowest BCUT2D eigenvalue weighted by Gasteiger charge is -2.30. The summed E-state index contributed by atoms with van der Waals surface area (Å²) in [5.74, 6) is 0.773. The molecule has 0 N–H and O–H groups in total. The van der Waals surface area contributed by atoms with Crippen LogP contribution in [0.5, 0.6) is 0 Å². The quantitative estimate of drug-likeness (QED) is 0.554. The number of rotatable bonds is 7. The molecule has 0 saturated carbocycles. The average molecular weight is 345 g/mol. The first kappa shape index (κ1) is 18.3. The van der Waals surface area contributed by atoms with E-state index >= 15 is 0 Å². The van der Waals surface area contributed by atoms with Crippen molar-refractivity contribution in [3.05, 3.63) is 78.0 Å². The van der Waals surface area contributed by atoms with Crippen molar-refractivity contribution in [3.63, 3.8) is 0 Å². The van der Waals surface area contributed by atoms with Crippen LogP contribution in [-0.2, 0) is 17.6 Å². The van der Waals surface area contributed by atoms with Gasteiger partial charge in [-0.2, -0.15) is 0 Å². The Labute approximate surface area is 156 Å². The van der Waals surface area contributed by atoms with Gasteiger partial charge in [-0.15, -0.1) is 0 Å². The molecule has 3 rings (SSSR count). The van der Waals surface area contributed by atoms with E-state index in [4.69, 9.17) is 0 Å². The molecule has 1 unspecified atom stereocenters. The van der Waals surface area contributed by atoms with Crippen LogP contribution >= 0.6 is 0 Å². The number of hydrogen-bond acceptors (Lipinski definition) is 2. The van der Waals surface area contributed by atoms with Crippen molar-refractivity contribution in [2.75, 3.05) is 0 Å². The smallest absolute Gasteiger partial charge is 0.143 e. The van der Waals surface area contributed by atoms with Crippen molar-refractivity contribution in [2.24, 2.45) is 11.3 Å². The van der Waals surface area contributed by atoms with Gasteiger partial charge in [0.15, 0.2) is 0 Å². The molecule has 0 saturated heterocycles. The zero-order valence-corrected chi connectivity index (χ0v) is 15.9. The molecule has 2 heteroatoms. The van der Waals surface area contributed by atoms with Crippen LogP contribution < -0.4 is 0 Å². The number of carbonyl (C=O) groups is 1. The maximum absolute atomic E-state index is 13.3. The molecule has 0 spiro atoms. The van der Waals surface area contributed by atoms with Gasteiger partial charge in [0.1, 0.15) is 5.78 Å². The third kappa shape index (κ3) is 4.37. The third-order valence-electron chi connectivity index (χ3n) is 4.98. The molecular weight excluding hydrogens is 318 g/mol. The van der Waals surface area contributed by atoms with Gasteiger partial charge in [0.25, 0.3) is 0 Å². The summed E-state index contributed by atoms with van der Waals surface area (Å²) < 4.78 is 0. The summed E-state index contributed by atoms with van der Waals surface area (Å²) in [6.07, 6.45) is 3.96. The number of Topliss-reactive ketones (excluding diaryl/α,β-unsaturated/α-hetero) is 1. The maximum atomic E-state index is 13.3. The van der Waals surface area contributed by atoms with Crippen LogP contribution in [0.4, 0.5) is 0 Å². The third-order valence-corrected chi connectivity index (χ3v) is 4.98. The Morgan fingerprint density at radius 2 is 1.69 bits per heavy atom. The number of benzene rings is 2. The Hall–Kier alpha value is -2.48. The van der Waals surface area contributed by atoms with Crippen LogP contribution in [0.25, 0.3) is 10.9 Å². The van der Waals surface area contributed by atoms with E-state index in [-0.39, 0.29) is 5.41 Å². The lowest BCUT2D eigenvalue weighted by molar-refractivity contribution is -0.128. The molecule has 1 heterocycles. The first-order chi connectivity index (χ1) is 12.5. The number of ketones is 1. The van der Waals surface area contributed by atoms with Gasteiger partial charge in [0.2, 0.25) is 0 Å². The standard InChI is InChI=1S/C24H27NO/c1-18(2)15-24(3,16-19-9-5-4-6-10-19)23(26)14-20-13-21-11-7-8-12-22(21)25-17-20/h4-13,17-18H,14-16H2,1-3H3. The van der Waals surface area contributed by atoms with Crippen LogP contribution in [0, 0.1) is 11.3 Å². The molecule has 0 bridgehead atoms. The largest absolute Gasteiger partial charge is 0.299 e. The first-order valence-corrected chi connectivity index (χ1v) is 9.37. The van der Waals surface area contributed by atoms with E-state index in [1.165, 1.54) is 5.56 Å². The Kier molecular flexibility index (Phi) is 5.51. The van der Waals surface area contributed by atoms with Crippen molar-refractivity contribution in [1.29, 1.82) is 0 Å². The minimum atomic E-state index is -0.360. The molecule has 2 nitrogen and oxygen atoms in total. The van der Waals surface area contributed by atoms with Crippen LogP contribution in [0.15, 0.2) is 66.9 Å². The molecule has 26 heavy (non-hydrogen) atoms. The molecule has 0 aliphatic carbocycles. The Balaban J connectivity index is 1.84. The van der Waals surface area contributed by atoms with Gasteiger partial charge in [-0.25, -0.2) is 0 Å². The van der Waals surface area contributed by atoms with Gasteiger partial charge >= 0.3 is 0 Å². The van der Waals surface area contributed by atoms with E-state index in [2.05, 4.69) is 44.0 Å². The number of carbonyl (C=O) groups excluding carboxylic acids is 1. The summed E-state index contributed by atoms with van der Waals surface area (Å²) in [6, 6.07) is 20.5. The molecule has 0 aliphatic heterocycles. The van der Waals surface area contributed by atoms with E-state index in [0.29, 0.717) is 18.1 Å². The topological polar surface area (TPSA) is 30.0 Å². The molecule has 134 valence electrons. The number of fused-ring (bicyclic) bond motifs is 1. The van der Waals surface area contributed by atoms with Gasteiger partial charge in [0.05, 0.1) is 5.52 Å². The Bertz CT molecular complexity index is 885. The minimum absolute atomic E-state index is 0.298. The second-order valence-corrected chi connectivity index (χ2v) is 7.96.